The Kier molecular flexibility index (Phi) is 7.44. The van der Waals surface area contributed by atoms with Crippen molar-refractivity contribution in [2.75, 3.05) is 0 Å². The van der Waals surface area contributed by atoms with Crippen LogP contribution in [0.4, 0.5) is 0 Å². The van der Waals surface area contributed by atoms with Gasteiger partial charge < -0.3 is 4.57 Å². The van der Waals surface area contributed by atoms with Gasteiger partial charge in [0.2, 0.25) is 0 Å². The Morgan fingerprint density at radius 1 is 0.424 bits per heavy atom. The van der Waals surface area contributed by atoms with E-state index in [4.69, 9.17) is 9.97 Å². The van der Waals surface area contributed by atoms with E-state index in [-0.39, 0.29) is 5.41 Å². The van der Waals surface area contributed by atoms with Gasteiger partial charge in [0.15, 0.2) is 5.82 Å². The average molecular weight is 772 g/mol. The molecule has 278 valence electrons. The van der Waals surface area contributed by atoms with Crippen LogP contribution in [0.15, 0.2) is 188 Å². The quantitative estimate of drug-likeness (QED) is 0.174. The number of rotatable bonds is 5. The number of hydrogen-bond donors (Lipinski definition) is 0. The van der Waals surface area contributed by atoms with Gasteiger partial charge in [-0.2, -0.15) is 0 Å². The minimum Gasteiger partial charge on any atom is -0.309 e. The zero-order chi connectivity index (χ0) is 39.2. The molecular formula is C55H37N3S. The van der Waals surface area contributed by atoms with Crippen LogP contribution < -0.4 is 0 Å². The lowest BCUT2D eigenvalue weighted by molar-refractivity contribution is 0.661. The molecule has 0 bridgehead atoms. The number of thiophene rings is 1. The Hall–Kier alpha value is -7.14. The second-order valence-electron chi connectivity index (χ2n) is 16.2. The minimum absolute atomic E-state index is 0.110. The largest absolute Gasteiger partial charge is 0.309 e. The van der Waals surface area contributed by atoms with Crippen molar-refractivity contribution >= 4 is 53.3 Å². The van der Waals surface area contributed by atoms with Crippen molar-refractivity contribution in [3.63, 3.8) is 0 Å². The van der Waals surface area contributed by atoms with E-state index in [0.29, 0.717) is 5.82 Å². The van der Waals surface area contributed by atoms with Crippen molar-refractivity contribution < 1.29 is 0 Å². The molecule has 4 heteroatoms. The van der Waals surface area contributed by atoms with Crippen LogP contribution in [-0.2, 0) is 5.41 Å². The van der Waals surface area contributed by atoms with Gasteiger partial charge in [0, 0.05) is 64.3 Å². The number of aromatic nitrogens is 3. The van der Waals surface area contributed by atoms with E-state index in [1.54, 1.807) is 0 Å². The first kappa shape index (κ1) is 33.9. The molecule has 11 aromatic rings. The van der Waals surface area contributed by atoms with Gasteiger partial charge in [0.1, 0.15) is 0 Å². The molecule has 0 aliphatic heterocycles. The van der Waals surface area contributed by atoms with Gasteiger partial charge in [0.05, 0.1) is 22.4 Å². The maximum absolute atomic E-state index is 5.20. The SMILES string of the molecule is CC1(C)c2ccccc2-c2cc3c4ccccc4n(-c4cc(-c5cccc(-c6nc(-c7ccccc7)cc(-c7ccccc7)n6)c5)c5sc6ccccc6c5c4)c3cc21. The van der Waals surface area contributed by atoms with E-state index < -0.39 is 0 Å². The van der Waals surface area contributed by atoms with Crippen LogP contribution in [0.1, 0.15) is 25.0 Å². The van der Waals surface area contributed by atoms with Crippen molar-refractivity contribution in [1.82, 2.24) is 14.5 Å². The van der Waals surface area contributed by atoms with Gasteiger partial charge in [0.25, 0.3) is 0 Å². The highest BCUT2D eigenvalue weighted by molar-refractivity contribution is 7.26. The molecule has 0 fully saturated rings. The smallest absolute Gasteiger partial charge is 0.160 e. The fourth-order valence-corrected chi connectivity index (χ4v) is 10.7. The van der Waals surface area contributed by atoms with Crippen LogP contribution in [0.3, 0.4) is 0 Å². The van der Waals surface area contributed by atoms with Gasteiger partial charge in [-0.05, 0) is 76.3 Å². The third kappa shape index (κ3) is 5.26. The summed E-state index contributed by atoms with van der Waals surface area (Å²) < 4.78 is 5.05. The highest BCUT2D eigenvalue weighted by atomic mass is 32.1. The van der Waals surface area contributed by atoms with Gasteiger partial charge in [-0.1, -0.05) is 153 Å². The summed E-state index contributed by atoms with van der Waals surface area (Å²) in [5.41, 5.74) is 16.1. The van der Waals surface area contributed by atoms with E-state index in [2.05, 4.69) is 194 Å². The molecule has 3 heterocycles. The average Bonchev–Trinajstić information content (AvgIpc) is 3.91. The molecule has 59 heavy (non-hydrogen) atoms. The second kappa shape index (κ2) is 12.9. The zero-order valence-electron chi connectivity index (χ0n) is 32.6. The van der Waals surface area contributed by atoms with Crippen LogP contribution in [0.25, 0.3) is 104 Å². The summed E-state index contributed by atoms with van der Waals surface area (Å²) in [6, 6.07) is 68.1. The van der Waals surface area contributed by atoms with Gasteiger partial charge in [-0.25, -0.2) is 9.97 Å². The van der Waals surface area contributed by atoms with E-state index in [1.165, 1.54) is 69.8 Å². The molecule has 1 aliphatic carbocycles. The Balaban J connectivity index is 1.10. The van der Waals surface area contributed by atoms with Gasteiger partial charge in [-0.3, -0.25) is 0 Å². The monoisotopic (exact) mass is 771 g/mol. The van der Waals surface area contributed by atoms with Gasteiger partial charge >= 0.3 is 0 Å². The van der Waals surface area contributed by atoms with Crippen LogP contribution in [-0.4, -0.2) is 14.5 Å². The fraction of sp³-hybridized carbons (Fsp3) is 0.0545. The highest BCUT2D eigenvalue weighted by Crippen LogP contribution is 2.51. The van der Waals surface area contributed by atoms with Crippen molar-refractivity contribution in [2.45, 2.75) is 19.3 Å². The molecule has 0 atom stereocenters. The standard InChI is InChI=1S/C55H37N3S/c1-55(2)46-25-12-9-22-39(46)43-31-44-40-23-10-13-26-50(40)58(51(44)32-47(43)55)38-29-42(53-45(30-38)41-24-11-14-27-52(41)59-53)36-20-15-21-37(28-36)54-56-48(34-16-5-3-6-17-34)33-49(57-54)35-18-7-4-8-19-35/h3-33H,1-2H3. The topological polar surface area (TPSA) is 30.7 Å². The van der Waals surface area contributed by atoms with Crippen LogP contribution in [0, 0.1) is 0 Å². The normalized spacial score (nSPS) is 13.1. The van der Waals surface area contributed by atoms with Crippen LogP contribution >= 0.6 is 11.3 Å². The number of fused-ring (bicyclic) bond motifs is 9. The first-order valence-electron chi connectivity index (χ1n) is 20.2. The van der Waals surface area contributed by atoms with E-state index in [9.17, 15) is 0 Å². The molecule has 0 spiro atoms. The minimum atomic E-state index is -0.110. The Morgan fingerprint density at radius 3 is 1.85 bits per heavy atom. The lowest BCUT2D eigenvalue weighted by Gasteiger charge is -2.21. The van der Waals surface area contributed by atoms with Crippen molar-refractivity contribution in [1.29, 1.82) is 0 Å². The summed E-state index contributed by atoms with van der Waals surface area (Å²) in [4.78, 5) is 10.4. The Morgan fingerprint density at radius 2 is 1.07 bits per heavy atom. The molecule has 12 rings (SSSR count). The third-order valence-corrected chi connectivity index (χ3v) is 13.6. The van der Waals surface area contributed by atoms with Crippen molar-refractivity contribution in [2.24, 2.45) is 0 Å². The predicted molar refractivity (Wildman–Crippen MR) is 249 cm³/mol. The molecule has 8 aromatic carbocycles. The molecule has 0 saturated carbocycles. The number of hydrogen-bond acceptors (Lipinski definition) is 3. The summed E-state index contributed by atoms with van der Waals surface area (Å²) >= 11 is 1.87. The Bertz CT molecular complexity index is 3410. The lowest BCUT2D eigenvalue weighted by atomic mass is 9.82. The molecule has 1 aliphatic rings. The molecule has 3 nitrogen and oxygen atoms in total. The zero-order valence-corrected chi connectivity index (χ0v) is 33.5. The van der Waals surface area contributed by atoms with Crippen molar-refractivity contribution in [3.8, 4) is 61.8 Å². The highest BCUT2D eigenvalue weighted by Gasteiger charge is 2.36. The maximum atomic E-state index is 5.20. The summed E-state index contributed by atoms with van der Waals surface area (Å²) in [7, 11) is 0. The molecule has 0 N–H and O–H groups in total. The number of benzene rings is 8. The van der Waals surface area contributed by atoms with E-state index >= 15 is 0 Å². The number of para-hydroxylation sites is 1. The maximum Gasteiger partial charge on any atom is 0.160 e. The molecule has 0 saturated heterocycles. The first-order valence-corrected chi connectivity index (χ1v) is 21.1. The van der Waals surface area contributed by atoms with Crippen LogP contribution in [0.2, 0.25) is 0 Å². The van der Waals surface area contributed by atoms with Gasteiger partial charge in [-0.15, -0.1) is 11.3 Å². The molecule has 3 aromatic heterocycles. The number of nitrogens with zero attached hydrogens (tertiary/aromatic N) is 3. The predicted octanol–water partition coefficient (Wildman–Crippen LogP) is 14.9. The van der Waals surface area contributed by atoms with E-state index in [1.807, 2.05) is 23.5 Å². The second-order valence-corrected chi connectivity index (χ2v) is 17.2. The first-order chi connectivity index (χ1) is 29.0. The summed E-state index contributed by atoms with van der Waals surface area (Å²) in [5, 5.41) is 5.07. The molecule has 0 unspecified atom stereocenters. The molecule has 0 radical (unpaired) electrons. The van der Waals surface area contributed by atoms with E-state index in [0.717, 1.165) is 39.3 Å². The van der Waals surface area contributed by atoms with Crippen molar-refractivity contribution in [3.05, 3.63) is 199 Å². The lowest BCUT2D eigenvalue weighted by Crippen LogP contribution is -2.14. The summed E-state index contributed by atoms with van der Waals surface area (Å²) in [6.07, 6.45) is 0. The molecule has 0 amide bonds. The molecular weight excluding hydrogens is 735 g/mol. The van der Waals surface area contributed by atoms with Crippen LogP contribution in [0.5, 0.6) is 0 Å². The summed E-state index contributed by atoms with van der Waals surface area (Å²) in [5.74, 6) is 0.704. The Labute approximate surface area is 346 Å². The summed E-state index contributed by atoms with van der Waals surface area (Å²) in [6.45, 7) is 4.74. The third-order valence-electron chi connectivity index (χ3n) is 12.4. The fourth-order valence-electron chi connectivity index (χ4n) is 9.51.